The number of H-pyrrole nitrogens is 1. The second-order valence-corrected chi connectivity index (χ2v) is 14.3. The predicted octanol–water partition coefficient (Wildman–Crippen LogP) is 7.70. The van der Waals surface area contributed by atoms with Crippen LogP contribution < -0.4 is 10.6 Å². The second kappa shape index (κ2) is 13.5. The van der Waals surface area contributed by atoms with Gasteiger partial charge in [0.05, 0.1) is 9.79 Å². The average molecular weight is 610 g/mol. The van der Waals surface area contributed by atoms with Gasteiger partial charge in [0, 0.05) is 30.7 Å². The Labute approximate surface area is 261 Å². The van der Waals surface area contributed by atoms with Gasteiger partial charge in [0.15, 0.2) is 0 Å². The summed E-state index contributed by atoms with van der Waals surface area (Å²) in [5, 5.41) is 6.92. The Morgan fingerprint density at radius 2 is 1.39 bits per heavy atom. The van der Waals surface area contributed by atoms with Gasteiger partial charge in [-0.05, 0) is 65.4 Å². The lowest BCUT2D eigenvalue weighted by Crippen LogP contribution is -2.47. The van der Waals surface area contributed by atoms with Crippen LogP contribution in [0.25, 0.3) is 11.1 Å². The topological polar surface area (TPSA) is 91.1 Å². The number of rotatable bonds is 6. The van der Waals surface area contributed by atoms with Crippen LogP contribution in [0.3, 0.4) is 0 Å². The Kier molecular flexibility index (Phi) is 9.33. The highest BCUT2D eigenvalue weighted by Crippen LogP contribution is 2.39. The number of aromatic nitrogens is 1. The highest BCUT2D eigenvalue weighted by atomic mass is 32.2. The van der Waals surface area contributed by atoms with E-state index in [0.29, 0.717) is 12.2 Å². The highest BCUT2D eigenvalue weighted by molar-refractivity contribution is 7.91. The summed E-state index contributed by atoms with van der Waals surface area (Å²) in [6, 6.07) is 25.7. The third kappa shape index (κ3) is 6.69. The van der Waals surface area contributed by atoms with Crippen molar-refractivity contribution in [2.45, 2.75) is 92.5 Å². The third-order valence-electron chi connectivity index (χ3n) is 9.39. The van der Waals surface area contributed by atoms with Gasteiger partial charge in [0.2, 0.25) is 9.84 Å². The van der Waals surface area contributed by atoms with E-state index >= 15 is 0 Å². The summed E-state index contributed by atoms with van der Waals surface area (Å²) in [5.41, 5.74) is 5.69. The molecule has 0 radical (unpaired) electrons. The number of fused-ring (bicyclic) bond motifs is 2. The number of aromatic amines is 1. The normalized spacial score (nSPS) is 17.4. The molecule has 2 aliphatic rings. The van der Waals surface area contributed by atoms with Crippen LogP contribution in [0.15, 0.2) is 94.7 Å². The van der Waals surface area contributed by atoms with Crippen molar-refractivity contribution in [3.05, 3.63) is 107 Å². The molecule has 44 heavy (non-hydrogen) atoms. The van der Waals surface area contributed by atoms with Gasteiger partial charge in [-0.2, -0.15) is 0 Å². The van der Waals surface area contributed by atoms with Crippen molar-refractivity contribution >= 4 is 15.7 Å². The minimum absolute atomic E-state index is 0.0467. The lowest BCUT2D eigenvalue weighted by Gasteiger charge is -2.39. The van der Waals surface area contributed by atoms with E-state index < -0.39 is 9.84 Å². The molecule has 1 amide bonds. The molecule has 1 fully saturated rings. The van der Waals surface area contributed by atoms with Gasteiger partial charge in [-0.15, -0.1) is 0 Å². The van der Waals surface area contributed by atoms with Crippen LogP contribution in [0.2, 0.25) is 0 Å². The number of nitrogens with one attached hydrogen (secondary N) is 3. The van der Waals surface area contributed by atoms with Crippen LogP contribution in [0.1, 0.15) is 91.5 Å². The minimum Gasteiger partial charge on any atom is -0.354 e. The maximum absolute atomic E-state index is 13.4. The van der Waals surface area contributed by atoms with Crippen LogP contribution in [0.5, 0.6) is 0 Å². The van der Waals surface area contributed by atoms with Crippen molar-refractivity contribution in [3.8, 4) is 11.1 Å². The third-order valence-corrected chi connectivity index (χ3v) is 11.2. The molecule has 2 heterocycles. The summed E-state index contributed by atoms with van der Waals surface area (Å²) in [7, 11) is -3.69. The molecule has 0 unspecified atom stereocenters. The van der Waals surface area contributed by atoms with Gasteiger partial charge >= 0.3 is 0 Å². The van der Waals surface area contributed by atoms with Crippen molar-refractivity contribution in [3.63, 3.8) is 0 Å². The Morgan fingerprint density at radius 1 is 0.727 bits per heavy atom. The molecule has 1 aliphatic heterocycles. The molecule has 7 heteroatoms. The molecule has 1 saturated carbocycles. The summed E-state index contributed by atoms with van der Waals surface area (Å²) in [4.78, 5) is 17.2. The van der Waals surface area contributed by atoms with Crippen LogP contribution in [0, 0.1) is 0 Å². The first kappa shape index (κ1) is 30.4. The summed E-state index contributed by atoms with van der Waals surface area (Å²) in [6.45, 7) is 1.25. The fourth-order valence-corrected chi connectivity index (χ4v) is 8.23. The lowest BCUT2D eigenvalue weighted by atomic mass is 9.78. The standard InChI is InChI=1S/C37H43N3O3S/c41-36(35-26-33-34(40-35)21-24-39-37(33)22-10-5-3-1-2-4-6-11-23-37)38-27-28-17-19-31(20-18-28)44(42,43)32-16-12-15-30(25-32)29-13-8-7-9-14-29/h7-9,12-20,25-26,39-40H,1-6,10-11,21-24,27H2,(H,38,41). The molecule has 6 nitrogen and oxygen atoms in total. The van der Waals surface area contributed by atoms with Crippen molar-refractivity contribution in [2.24, 2.45) is 0 Å². The van der Waals surface area contributed by atoms with E-state index in [1.807, 2.05) is 36.4 Å². The Morgan fingerprint density at radius 3 is 2.09 bits per heavy atom. The molecule has 0 saturated heterocycles. The number of carbonyl (C=O) groups excluding carboxylic acids is 1. The van der Waals surface area contributed by atoms with Crippen LogP contribution >= 0.6 is 0 Å². The van der Waals surface area contributed by atoms with Crippen molar-refractivity contribution < 1.29 is 13.2 Å². The molecule has 0 atom stereocenters. The van der Waals surface area contributed by atoms with E-state index in [-0.39, 0.29) is 21.2 Å². The molecule has 4 aromatic rings. The summed E-state index contributed by atoms with van der Waals surface area (Å²) in [5.74, 6) is -0.138. The van der Waals surface area contributed by atoms with Gasteiger partial charge in [-0.1, -0.05) is 106 Å². The summed E-state index contributed by atoms with van der Waals surface area (Å²) >= 11 is 0. The molecular weight excluding hydrogens is 566 g/mol. The largest absolute Gasteiger partial charge is 0.354 e. The van der Waals surface area contributed by atoms with Gasteiger partial charge < -0.3 is 15.6 Å². The zero-order valence-electron chi connectivity index (χ0n) is 25.4. The number of hydrogen-bond donors (Lipinski definition) is 3. The van der Waals surface area contributed by atoms with Crippen LogP contribution in [-0.4, -0.2) is 25.9 Å². The Hall–Kier alpha value is -3.68. The highest BCUT2D eigenvalue weighted by Gasteiger charge is 2.37. The average Bonchev–Trinajstić information content (AvgIpc) is 3.49. The SMILES string of the molecule is O=C(NCc1ccc(S(=O)(=O)c2cccc(-c3ccccc3)c2)cc1)c1cc2c([nH]1)CCNC21CCCCCCCCCC1. The molecule has 1 aromatic heterocycles. The molecule has 3 aromatic carbocycles. The van der Waals surface area contributed by atoms with Crippen molar-refractivity contribution in [2.75, 3.05) is 6.54 Å². The maximum atomic E-state index is 13.4. The first-order valence-electron chi connectivity index (χ1n) is 16.2. The van der Waals surface area contributed by atoms with E-state index in [2.05, 4.69) is 21.7 Å². The number of benzene rings is 3. The maximum Gasteiger partial charge on any atom is 0.267 e. The first-order valence-corrected chi connectivity index (χ1v) is 17.7. The fraction of sp³-hybridized carbons (Fsp3) is 0.378. The van der Waals surface area contributed by atoms with Gasteiger partial charge in [0.25, 0.3) is 5.91 Å². The second-order valence-electron chi connectivity index (χ2n) is 12.4. The molecule has 3 N–H and O–H groups in total. The molecule has 0 bridgehead atoms. The van der Waals surface area contributed by atoms with E-state index in [4.69, 9.17) is 0 Å². The van der Waals surface area contributed by atoms with Gasteiger partial charge in [-0.25, -0.2) is 8.42 Å². The van der Waals surface area contributed by atoms with E-state index in [0.717, 1.165) is 42.5 Å². The number of amides is 1. The molecular formula is C37H43N3O3S. The monoisotopic (exact) mass is 609 g/mol. The number of carbonyl (C=O) groups is 1. The van der Waals surface area contributed by atoms with E-state index in [1.54, 1.807) is 42.5 Å². The Balaban J connectivity index is 1.12. The minimum atomic E-state index is -3.69. The van der Waals surface area contributed by atoms with Gasteiger partial charge in [-0.3, -0.25) is 4.79 Å². The Bertz CT molecular complexity index is 1660. The molecule has 1 aliphatic carbocycles. The molecule has 1 spiro atoms. The fourth-order valence-electron chi connectivity index (χ4n) is 6.92. The zero-order valence-corrected chi connectivity index (χ0v) is 26.2. The van der Waals surface area contributed by atoms with E-state index in [9.17, 15) is 13.2 Å². The summed E-state index contributed by atoms with van der Waals surface area (Å²) < 4.78 is 26.8. The summed E-state index contributed by atoms with van der Waals surface area (Å²) in [6.07, 6.45) is 13.4. The number of hydrogen-bond acceptors (Lipinski definition) is 4. The van der Waals surface area contributed by atoms with Gasteiger partial charge in [0.1, 0.15) is 5.69 Å². The quantitative estimate of drug-likeness (QED) is 0.209. The van der Waals surface area contributed by atoms with Crippen molar-refractivity contribution in [1.29, 1.82) is 0 Å². The molecule has 6 rings (SSSR count). The van der Waals surface area contributed by atoms with Crippen LogP contribution in [-0.2, 0) is 28.3 Å². The predicted molar refractivity (Wildman–Crippen MR) is 175 cm³/mol. The van der Waals surface area contributed by atoms with E-state index in [1.165, 1.54) is 62.6 Å². The molecule has 230 valence electrons. The first-order chi connectivity index (χ1) is 21.4. The smallest absolute Gasteiger partial charge is 0.267 e. The van der Waals surface area contributed by atoms with Crippen LogP contribution in [0.4, 0.5) is 0 Å². The zero-order chi connectivity index (χ0) is 30.4. The lowest BCUT2D eigenvalue weighted by molar-refractivity contribution is 0.0946. The van der Waals surface area contributed by atoms with Crippen molar-refractivity contribution in [1.82, 2.24) is 15.6 Å². The number of sulfone groups is 1.